The Kier molecular flexibility index (Phi) is 5.13. The van der Waals surface area contributed by atoms with Crippen LogP contribution in [0.5, 0.6) is 0 Å². The summed E-state index contributed by atoms with van der Waals surface area (Å²) in [4.78, 5) is 0. The van der Waals surface area contributed by atoms with Gasteiger partial charge < -0.3 is 0 Å². The van der Waals surface area contributed by atoms with E-state index in [1.165, 1.54) is 0 Å². The summed E-state index contributed by atoms with van der Waals surface area (Å²) in [5.74, 6) is 0. The molecule has 0 unspecified atom stereocenters. The molecule has 2 heteroatoms. The molecule has 1 aromatic carbocycles. The topological polar surface area (TPSA) is 0 Å². The van der Waals surface area contributed by atoms with Crippen molar-refractivity contribution in [1.29, 1.82) is 0 Å². The molecule has 0 spiro atoms. The molecule has 0 saturated heterocycles. The van der Waals surface area contributed by atoms with Crippen LogP contribution >= 0.6 is 15.9 Å². The average Bonchev–Trinajstić information content (AvgIpc) is 1.69. The Bertz CT molecular complexity index is 138. The fourth-order valence-corrected chi connectivity index (χ4v) is 0.656. The predicted molar refractivity (Wildman–Crippen MR) is 33.0 cm³/mol. The summed E-state index contributed by atoms with van der Waals surface area (Å²) in [6, 6.07) is 10.6. The maximum atomic E-state index is 3.28. The van der Waals surface area contributed by atoms with Crippen molar-refractivity contribution >= 4 is 15.9 Å². The fraction of sp³-hybridized carbons (Fsp3) is 0. The Labute approximate surface area is 82.7 Å². The monoisotopic (exact) mass is 244 g/mol. The van der Waals surface area contributed by atoms with Gasteiger partial charge in [-0.3, -0.25) is 0 Å². The molecule has 8 heavy (non-hydrogen) atoms. The van der Waals surface area contributed by atoms with Crippen LogP contribution < -0.4 is 0 Å². The second kappa shape index (κ2) is 4.66. The molecule has 0 fully saturated rings. The Morgan fingerprint density at radius 1 is 1.50 bits per heavy atom. The van der Waals surface area contributed by atoms with Crippen LogP contribution in [0.1, 0.15) is 0 Å². The molecule has 0 bridgehead atoms. The number of hydrogen-bond donors (Lipinski definition) is 0. The van der Waals surface area contributed by atoms with E-state index in [1.807, 2.05) is 24.3 Å². The third-order valence-corrected chi connectivity index (χ3v) is 1.16. The average molecular weight is 245 g/mol. The summed E-state index contributed by atoms with van der Waals surface area (Å²) in [6.45, 7) is 0. The first-order valence-electron chi connectivity index (χ1n) is 2.01. The molecule has 0 aliphatic heterocycles. The van der Waals surface area contributed by atoms with E-state index in [2.05, 4.69) is 22.0 Å². The SMILES string of the molecule is Brc1c[c-]ccc1.[Y]. The molecular weight excluding hydrogens is 241 g/mol. The van der Waals surface area contributed by atoms with E-state index in [1.54, 1.807) is 0 Å². The molecule has 1 aromatic rings. The van der Waals surface area contributed by atoms with E-state index < -0.39 is 0 Å². The van der Waals surface area contributed by atoms with Crippen molar-refractivity contribution in [3.63, 3.8) is 0 Å². The van der Waals surface area contributed by atoms with Crippen LogP contribution in [-0.2, 0) is 32.7 Å². The Morgan fingerprint density at radius 3 is 2.50 bits per heavy atom. The van der Waals surface area contributed by atoms with E-state index in [4.69, 9.17) is 0 Å². The zero-order valence-electron chi connectivity index (χ0n) is 4.26. The molecule has 0 saturated carbocycles. The van der Waals surface area contributed by atoms with Crippen molar-refractivity contribution in [3.05, 3.63) is 34.8 Å². The van der Waals surface area contributed by atoms with Crippen LogP contribution in [0.25, 0.3) is 0 Å². The molecule has 39 valence electrons. The molecule has 0 heterocycles. The first kappa shape index (κ1) is 8.80. The minimum Gasteiger partial charge on any atom is -0.183 e. The van der Waals surface area contributed by atoms with Gasteiger partial charge in [-0.15, -0.1) is 15.9 Å². The molecule has 0 N–H and O–H groups in total. The first-order chi connectivity index (χ1) is 3.39. The van der Waals surface area contributed by atoms with E-state index in [0.717, 1.165) is 4.47 Å². The van der Waals surface area contributed by atoms with Gasteiger partial charge in [-0.25, -0.2) is 0 Å². The summed E-state index contributed by atoms with van der Waals surface area (Å²) in [7, 11) is 0. The summed E-state index contributed by atoms with van der Waals surface area (Å²) in [5.41, 5.74) is 0. The van der Waals surface area contributed by atoms with E-state index in [9.17, 15) is 0 Å². The summed E-state index contributed by atoms with van der Waals surface area (Å²) in [6.07, 6.45) is 0. The number of benzene rings is 1. The fourth-order valence-electron chi connectivity index (χ4n) is 0.371. The standard InChI is InChI=1S/C6H4Br.Y/c7-6-4-2-1-3-5-6;/h1-2,4-5H;/q-1;. The zero-order valence-corrected chi connectivity index (χ0v) is 8.69. The smallest absolute Gasteiger partial charge is 0 e. The minimum absolute atomic E-state index is 0. The van der Waals surface area contributed by atoms with Gasteiger partial charge in [0.25, 0.3) is 0 Å². The largest absolute Gasteiger partial charge is 0.183 e. The normalized spacial score (nSPS) is 7.62. The Balaban J connectivity index is 0.000000490. The van der Waals surface area contributed by atoms with E-state index >= 15 is 0 Å². The molecule has 0 aliphatic rings. The Hall–Kier alpha value is 0.804. The van der Waals surface area contributed by atoms with Crippen molar-refractivity contribution < 1.29 is 32.7 Å². The van der Waals surface area contributed by atoms with Gasteiger partial charge in [-0.1, -0.05) is 4.47 Å². The molecule has 0 nitrogen and oxygen atoms in total. The molecule has 0 aliphatic carbocycles. The second-order valence-electron chi connectivity index (χ2n) is 1.22. The Morgan fingerprint density at radius 2 is 2.25 bits per heavy atom. The third-order valence-electron chi connectivity index (χ3n) is 0.669. The van der Waals surface area contributed by atoms with Gasteiger partial charge in [-0.2, -0.15) is 30.3 Å². The summed E-state index contributed by atoms with van der Waals surface area (Å²) < 4.78 is 1.08. The van der Waals surface area contributed by atoms with Crippen LogP contribution in [0, 0.1) is 6.07 Å². The van der Waals surface area contributed by atoms with Crippen LogP contribution in [-0.4, -0.2) is 0 Å². The van der Waals surface area contributed by atoms with E-state index in [0.29, 0.717) is 0 Å². The minimum atomic E-state index is 0. The van der Waals surface area contributed by atoms with Gasteiger partial charge >= 0.3 is 0 Å². The predicted octanol–water partition coefficient (Wildman–Crippen LogP) is 2.25. The van der Waals surface area contributed by atoms with Gasteiger partial charge in [0, 0.05) is 32.7 Å². The molecule has 0 aromatic heterocycles. The first-order valence-corrected chi connectivity index (χ1v) is 2.80. The van der Waals surface area contributed by atoms with Crippen molar-refractivity contribution in [3.8, 4) is 0 Å². The molecule has 1 rings (SSSR count). The van der Waals surface area contributed by atoms with E-state index in [-0.39, 0.29) is 32.7 Å². The van der Waals surface area contributed by atoms with Crippen LogP contribution in [0.4, 0.5) is 0 Å². The number of rotatable bonds is 0. The number of hydrogen-bond acceptors (Lipinski definition) is 0. The van der Waals surface area contributed by atoms with Gasteiger partial charge in [0.2, 0.25) is 0 Å². The summed E-state index contributed by atoms with van der Waals surface area (Å²) in [5, 5.41) is 0. The quantitative estimate of drug-likeness (QED) is 0.615. The summed E-state index contributed by atoms with van der Waals surface area (Å²) >= 11 is 3.28. The van der Waals surface area contributed by atoms with Crippen molar-refractivity contribution in [1.82, 2.24) is 0 Å². The molecule has 1 radical (unpaired) electrons. The maximum absolute atomic E-state index is 3.28. The van der Waals surface area contributed by atoms with Crippen molar-refractivity contribution in [2.45, 2.75) is 0 Å². The van der Waals surface area contributed by atoms with Crippen LogP contribution in [0.2, 0.25) is 0 Å². The molecule has 0 amide bonds. The third kappa shape index (κ3) is 2.96. The molecular formula is C6H4BrY-. The van der Waals surface area contributed by atoms with Crippen molar-refractivity contribution in [2.24, 2.45) is 0 Å². The van der Waals surface area contributed by atoms with Gasteiger partial charge in [-0.05, 0) is 0 Å². The van der Waals surface area contributed by atoms with Crippen LogP contribution in [0.15, 0.2) is 28.7 Å². The number of halogens is 1. The zero-order chi connectivity index (χ0) is 5.11. The van der Waals surface area contributed by atoms with Crippen LogP contribution in [0.3, 0.4) is 0 Å². The van der Waals surface area contributed by atoms with Gasteiger partial charge in [0.05, 0.1) is 0 Å². The second-order valence-corrected chi connectivity index (χ2v) is 2.14. The van der Waals surface area contributed by atoms with Gasteiger partial charge in [0.1, 0.15) is 0 Å². The van der Waals surface area contributed by atoms with Gasteiger partial charge in [0.15, 0.2) is 0 Å². The molecule has 0 atom stereocenters. The van der Waals surface area contributed by atoms with Crippen molar-refractivity contribution in [2.75, 3.05) is 0 Å². The maximum Gasteiger partial charge on any atom is 0 e.